The summed E-state index contributed by atoms with van der Waals surface area (Å²) in [6.45, 7) is 4.15. The fourth-order valence-electron chi connectivity index (χ4n) is 2.12. The molecule has 0 atom stereocenters. The van der Waals surface area contributed by atoms with E-state index in [1.165, 1.54) is 18.2 Å². The Bertz CT molecular complexity index is 461. The van der Waals surface area contributed by atoms with E-state index >= 15 is 0 Å². The fraction of sp³-hybridized carbons (Fsp3) is 0.500. The van der Waals surface area contributed by atoms with E-state index in [4.69, 9.17) is 10.00 Å². The van der Waals surface area contributed by atoms with E-state index in [1.807, 2.05) is 0 Å². The van der Waals surface area contributed by atoms with Crippen LogP contribution in [-0.4, -0.2) is 18.8 Å². The molecule has 1 fully saturated rings. The van der Waals surface area contributed by atoms with Crippen LogP contribution in [-0.2, 0) is 11.3 Å². The zero-order chi connectivity index (χ0) is 13.0. The van der Waals surface area contributed by atoms with Gasteiger partial charge in [0.05, 0.1) is 11.6 Å². The van der Waals surface area contributed by atoms with Crippen molar-refractivity contribution >= 4 is 0 Å². The molecule has 1 N–H and O–H groups in total. The molecule has 96 valence electrons. The molecule has 2 rings (SSSR count). The van der Waals surface area contributed by atoms with Crippen LogP contribution in [0.3, 0.4) is 0 Å². The lowest BCUT2D eigenvalue weighted by atomic mass is 9.92. The maximum Gasteiger partial charge on any atom is 0.123 e. The number of hydrogen-bond acceptors (Lipinski definition) is 3. The van der Waals surface area contributed by atoms with Gasteiger partial charge in [0.25, 0.3) is 0 Å². The smallest absolute Gasteiger partial charge is 0.123 e. The van der Waals surface area contributed by atoms with E-state index in [0.717, 1.165) is 26.1 Å². The number of halogens is 1. The summed E-state index contributed by atoms with van der Waals surface area (Å²) in [7, 11) is 0. The first-order valence-electron chi connectivity index (χ1n) is 6.14. The molecule has 0 amide bonds. The van der Waals surface area contributed by atoms with Crippen molar-refractivity contribution in [3.8, 4) is 6.07 Å². The second kappa shape index (κ2) is 5.47. The van der Waals surface area contributed by atoms with Gasteiger partial charge in [0.2, 0.25) is 0 Å². The van der Waals surface area contributed by atoms with Crippen LogP contribution < -0.4 is 5.32 Å². The topological polar surface area (TPSA) is 45.0 Å². The van der Waals surface area contributed by atoms with E-state index in [0.29, 0.717) is 17.7 Å². The summed E-state index contributed by atoms with van der Waals surface area (Å²) >= 11 is 0. The van der Waals surface area contributed by atoms with Gasteiger partial charge in [-0.1, -0.05) is 0 Å². The fourth-order valence-corrected chi connectivity index (χ4v) is 2.12. The normalized spacial score (nSPS) is 18.3. The standard InChI is InChI=1S/C14H17FN2O/c1-14(4-6-18-7-5-14)17-10-12-8-13(15)3-2-11(12)9-16/h2-3,8,17H,4-7,10H2,1H3. The lowest BCUT2D eigenvalue weighted by Crippen LogP contribution is -2.46. The average molecular weight is 248 g/mol. The number of rotatable bonds is 3. The highest BCUT2D eigenvalue weighted by Gasteiger charge is 2.26. The third-order valence-corrected chi connectivity index (χ3v) is 3.49. The van der Waals surface area contributed by atoms with Crippen LogP contribution in [0, 0.1) is 17.1 Å². The van der Waals surface area contributed by atoms with Crippen LogP contribution in [0.4, 0.5) is 4.39 Å². The Labute approximate surface area is 107 Å². The van der Waals surface area contributed by atoms with Crippen LogP contribution >= 0.6 is 0 Å². The lowest BCUT2D eigenvalue weighted by molar-refractivity contribution is 0.0446. The molecule has 1 heterocycles. The first-order chi connectivity index (χ1) is 8.63. The zero-order valence-corrected chi connectivity index (χ0v) is 10.5. The van der Waals surface area contributed by atoms with Crippen LogP contribution in [0.5, 0.6) is 0 Å². The Morgan fingerprint density at radius 3 is 2.83 bits per heavy atom. The van der Waals surface area contributed by atoms with Crippen molar-refractivity contribution in [2.45, 2.75) is 31.8 Å². The van der Waals surface area contributed by atoms with Crippen molar-refractivity contribution in [1.29, 1.82) is 5.26 Å². The molecule has 3 nitrogen and oxygen atoms in total. The second-order valence-electron chi connectivity index (χ2n) is 4.94. The Balaban J connectivity index is 2.05. The minimum Gasteiger partial charge on any atom is -0.381 e. The van der Waals surface area contributed by atoms with Gasteiger partial charge in [0.15, 0.2) is 0 Å². The molecule has 1 aliphatic rings. The quantitative estimate of drug-likeness (QED) is 0.893. The van der Waals surface area contributed by atoms with Crippen LogP contribution in [0.25, 0.3) is 0 Å². The Morgan fingerprint density at radius 1 is 1.44 bits per heavy atom. The maximum atomic E-state index is 13.2. The van der Waals surface area contributed by atoms with E-state index in [1.54, 1.807) is 0 Å². The Kier molecular flexibility index (Phi) is 3.95. The summed E-state index contributed by atoms with van der Waals surface area (Å²) in [4.78, 5) is 0. The molecule has 0 unspecified atom stereocenters. The van der Waals surface area contributed by atoms with Gasteiger partial charge in [-0.05, 0) is 43.5 Å². The van der Waals surface area contributed by atoms with Crippen LogP contribution in [0.1, 0.15) is 30.9 Å². The zero-order valence-electron chi connectivity index (χ0n) is 10.5. The molecule has 1 aromatic rings. The van der Waals surface area contributed by atoms with Crippen molar-refractivity contribution in [3.05, 3.63) is 35.1 Å². The molecule has 18 heavy (non-hydrogen) atoms. The molecule has 4 heteroatoms. The molecule has 1 aromatic carbocycles. The van der Waals surface area contributed by atoms with Crippen molar-refractivity contribution in [1.82, 2.24) is 5.32 Å². The van der Waals surface area contributed by atoms with E-state index in [2.05, 4.69) is 18.3 Å². The summed E-state index contributed by atoms with van der Waals surface area (Å²) in [6, 6.07) is 6.36. The molecule has 0 aromatic heterocycles. The summed E-state index contributed by atoms with van der Waals surface area (Å²) < 4.78 is 18.5. The largest absolute Gasteiger partial charge is 0.381 e. The monoisotopic (exact) mass is 248 g/mol. The number of benzene rings is 1. The number of hydrogen-bond donors (Lipinski definition) is 1. The van der Waals surface area contributed by atoms with E-state index in [-0.39, 0.29) is 11.4 Å². The first-order valence-corrected chi connectivity index (χ1v) is 6.14. The summed E-state index contributed by atoms with van der Waals surface area (Å²) in [5.41, 5.74) is 1.25. The van der Waals surface area contributed by atoms with Gasteiger partial charge in [0, 0.05) is 25.3 Å². The predicted molar refractivity (Wildman–Crippen MR) is 66.4 cm³/mol. The van der Waals surface area contributed by atoms with Crippen molar-refractivity contribution in [3.63, 3.8) is 0 Å². The van der Waals surface area contributed by atoms with Gasteiger partial charge in [-0.15, -0.1) is 0 Å². The molecule has 0 aliphatic carbocycles. The molecule has 0 saturated carbocycles. The summed E-state index contributed by atoms with van der Waals surface area (Å²) in [5, 5.41) is 12.4. The maximum absolute atomic E-state index is 13.2. The third-order valence-electron chi connectivity index (χ3n) is 3.49. The Hall–Kier alpha value is -1.44. The highest BCUT2D eigenvalue weighted by atomic mass is 19.1. The third kappa shape index (κ3) is 3.06. The minimum atomic E-state index is -0.303. The Morgan fingerprint density at radius 2 is 2.17 bits per heavy atom. The average Bonchev–Trinajstić information content (AvgIpc) is 2.38. The van der Waals surface area contributed by atoms with Crippen molar-refractivity contribution < 1.29 is 9.13 Å². The second-order valence-corrected chi connectivity index (χ2v) is 4.94. The molecular weight excluding hydrogens is 231 g/mol. The number of nitrogens with one attached hydrogen (secondary N) is 1. The van der Waals surface area contributed by atoms with Crippen LogP contribution in [0.2, 0.25) is 0 Å². The summed E-state index contributed by atoms with van der Waals surface area (Å²) in [6.07, 6.45) is 1.87. The van der Waals surface area contributed by atoms with Crippen LogP contribution in [0.15, 0.2) is 18.2 Å². The number of nitriles is 1. The number of ether oxygens (including phenoxy) is 1. The predicted octanol–water partition coefficient (Wildman–Crippen LogP) is 2.36. The SMILES string of the molecule is CC1(NCc2cc(F)ccc2C#N)CCOCC1. The van der Waals surface area contributed by atoms with Gasteiger partial charge < -0.3 is 10.1 Å². The van der Waals surface area contributed by atoms with Gasteiger partial charge in [0.1, 0.15) is 5.82 Å². The summed E-state index contributed by atoms with van der Waals surface area (Å²) in [5.74, 6) is -0.303. The molecule has 1 aliphatic heterocycles. The van der Waals surface area contributed by atoms with Crippen molar-refractivity contribution in [2.24, 2.45) is 0 Å². The van der Waals surface area contributed by atoms with Crippen molar-refractivity contribution in [2.75, 3.05) is 13.2 Å². The van der Waals surface area contributed by atoms with Gasteiger partial charge in [-0.2, -0.15) is 5.26 Å². The molecular formula is C14H17FN2O. The first kappa shape index (κ1) is 13.0. The van der Waals surface area contributed by atoms with Gasteiger partial charge in [-0.25, -0.2) is 4.39 Å². The molecule has 1 saturated heterocycles. The van der Waals surface area contributed by atoms with Gasteiger partial charge >= 0.3 is 0 Å². The highest BCUT2D eigenvalue weighted by Crippen LogP contribution is 2.21. The highest BCUT2D eigenvalue weighted by molar-refractivity contribution is 5.37. The van der Waals surface area contributed by atoms with E-state index in [9.17, 15) is 4.39 Å². The minimum absolute atomic E-state index is 0.0112. The molecule has 0 bridgehead atoms. The molecule has 0 spiro atoms. The van der Waals surface area contributed by atoms with Gasteiger partial charge in [-0.3, -0.25) is 0 Å². The lowest BCUT2D eigenvalue weighted by Gasteiger charge is -2.34. The van der Waals surface area contributed by atoms with E-state index < -0.39 is 0 Å². The molecule has 0 radical (unpaired) electrons. The number of nitrogens with zero attached hydrogens (tertiary/aromatic N) is 1.